The van der Waals surface area contributed by atoms with Gasteiger partial charge in [-0.3, -0.25) is 10.1 Å². The molecule has 0 bridgehead atoms. The van der Waals surface area contributed by atoms with Crippen LogP contribution in [0.5, 0.6) is 0 Å². The molecule has 90 valence electrons. The first kappa shape index (κ1) is 11.6. The third-order valence-electron chi connectivity index (χ3n) is 2.03. The minimum atomic E-state index is -1.19. The number of carboxylic acids is 1. The SMILES string of the molecule is O=C(Nc1ncccn1)c1ccnc(C(=O)O)c1. The molecule has 0 saturated carbocycles. The molecule has 2 aromatic rings. The first-order chi connectivity index (χ1) is 8.66. The summed E-state index contributed by atoms with van der Waals surface area (Å²) in [4.78, 5) is 33.8. The summed E-state index contributed by atoms with van der Waals surface area (Å²) in [5.41, 5.74) is -0.0218. The van der Waals surface area contributed by atoms with E-state index in [9.17, 15) is 9.59 Å². The number of carbonyl (C=O) groups excluding carboxylic acids is 1. The van der Waals surface area contributed by atoms with E-state index in [2.05, 4.69) is 20.3 Å². The maximum atomic E-state index is 11.8. The summed E-state index contributed by atoms with van der Waals surface area (Å²) in [6, 6.07) is 4.20. The average Bonchev–Trinajstić information content (AvgIpc) is 2.40. The number of aromatic nitrogens is 3. The van der Waals surface area contributed by atoms with Gasteiger partial charge in [-0.15, -0.1) is 0 Å². The van der Waals surface area contributed by atoms with Gasteiger partial charge in [0.05, 0.1) is 0 Å². The third kappa shape index (κ3) is 2.64. The van der Waals surface area contributed by atoms with Gasteiger partial charge in [-0.25, -0.2) is 19.7 Å². The van der Waals surface area contributed by atoms with Crippen molar-refractivity contribution >= 4 is 17.8 Å². The second kappa shape index (κ2) is 5.00. The van der Waals surface area contributed by atoms with Crippen molar-refractivity contribution in [2.24, 2.45) is 0 Å². The van der Waals surface area contributed by atoms with Crippen molar-refractivity contribution in [2.75, 3.05) is 5.32 Å². The number of rotatable bonds is 3. The highest BCUT2D eigenvalue weighted by atomic mass is 16.4. The molecule has 2 rings (SSSR count). The molecule has 18 heavy (non-hydrogen) atoms. The Kier molecular flexibility index (Phi) is 3.24. The quantitative estimate of drug-likeness (QED) is 0.828. The predicted molar refractivity (Wildman–Crippen MR) is 61.2 cm³/mol. The Hall–Kier alpha value is -2.83. The van der Waals surface area contributed by atoms with Crippen molar-refractivity contribution in [3.05, 3.63) is 48.0 Å². The van der Waals surface area contributed by atoms with Gasteiger partial charge in [-0.1, -0.05) is 0 Å². The van der Waals surface area contributed by atoms with E-state index in [0.29, 0.717) is 0 Å². The van der Waals surface area contributed by atoms with Crippen LogP contribution >= 0.6 is 0 Å². The minimum absolute atomic E-state index is 0.149. The largest absolute Gasteiger partial charge is 0.477 e. The van der Waals surface area contributed by atoms with Gasteiger partial charge in [0.25, 0.3) is 5.91 Å². The Balaban J connectivity index is 2.19. The molecule has 0 spiro atoms. The van der Waals surface area contributed by atoms with Crippen molar-refractivity contribution in [1.29, 1.82) is 0 Å². The Morgan fingerprint density at radius 2 is 1.83 bits per heavy atom. The molecular weight excluding hydrogens is 236 g/mol. The van der Waals surface area contributed by atoms with E-state index in [-0.39, 0.29) is 17.2 Å². The van der Waals surface area contributed by atoms with Gasteiger partial charge in [0.2, 0.25) is 5.95 Å². The summed E-state index contributed by atoms with van der Waals surface area (Å²) in [6.07, 6.45) is 4.22. The first-order valence-electron chi connectivity index (χ1n) is 4.94. The predicted octanol–water partition coefficient (Wildman–Crippen LogP) is 0.822. The number of nitrogens with zero attached hydrogens (tertiary/aromatic N) is 3. The van der Waals surface area contributed by atoms with E-state index in [4.69, 9.17) is 5.11 Å². The van der Waals surface area contributed by atoms with E-state index < -0.39 is 11.9 Å². The molecular formula is C11H8N4O3. The summed E-state index contributed by atoms with van der Waals surface area (Å²) in [6.45, 7) is 0. The lowest BCUT2D eigenvalue weighted by Crippen LogP contribution is -2.15. The van der Waals surface area contributed by atoms with Crippen LogP contribution in [0.4, 0.5) is 5.95 Å². The van der Waals surface area contributed by atoms with E-state index in [1.54, 1.807) is 6.07 Å². The lowest BCUT2D eigenvalue weighted by atomic mass is 10.2. The maximum absolute atomic E-state index is 11.8. The van der Waals surface area contributed by atoms with Crippen LogP contribution in [-0.4, -0.2) is 31.9 Å². The number of carbonyl (C=O) groups is 2. The normalized spacial score (nSPS) is 9.78. The molecule has 2 heterocycles. The van der Waals surface area contributed by atoms with Crippen molar-refractivity contribution in [2.45, 2.75) is 0 Å². The number of amides is 1. The number of anilines is 1. The molecule has 1 amide bonds. The summed E-state index contributed by atoms with van der Waals surface area (Å²) in [5.74, 6) is -1.54. The number of hydrogen-bond donors (Lipinski definition) is 2. The molecule has 0 aromatic carbocycles. The molecule has 0 atom stereocenters. The Labute approximate surface area is 102 Å². The zero-order valence-electron chi connectivity index (χ0n) is 9.07. The molecule has 0 radical (unpaired) electrons. The molecule has 0 aliphatic carbocycles. The summed E-state index contributed by atoms with van der Waals surface area (Å²) in [7, 11) is 0. The smallest absolute Gasteiger partial charge is 0.354 e. The van der Waals surface area contributed by atoms with Gasteiger partial charge in [0.15, 0.2) is 0 Å². The van der Waals surface area contributed by atoms with Gasteiger partial charge in [-0.05, 0) is 18.2 Å². The highest BCUT2D eigenvalue weighted by Crippen LogP contribution is 2.05. The minimum Gasteiger partial charge on any atom is -0.477 e. The van der Waals surface area contributed by atoms with E-state index in [1.165, 1.54) is 30.7 Å². The molecule has 0 aliphatic heterocycles. The zero-order chi connectivity index (χ0) is 13.0. The maximum Gasteiger partial charge on any atom is 0.354 e. The fraction of sp³-hybridized carbons (Fsp3) is 0. The van der Waals surface area contributed by atoms with Crippen LogP contribution in [0.2, 0.25) is 0 Å². The van der Waals surface area contributed by atoms with Crippen LogP contribution in [0.15, 0.2) is 36.8 Å². The van der Waals surface area contributed by atoms with Gasteiger partial charge >= 0.3 is 5.97 Å². The fourth-order valence-corrected chi connectivity index (χ4v) is 1.23. The first-order valence-corrected chi connectivity index (χ1v) is 4.94. The van der Waals surface area contributed by atoms with E-state index in [1.807, 2.05) is 0 Å². The van der Waals surface area contributed by atoms with Crippen LogP contribution in [-0.2, 0) is 0 Å². The summed E-state index contributed by atoms with van der Waals surface area (Å²) >= 11 is 0. The highest BCUT2D eigenvalue weighted by Gasteiger charge is 2.11. The lowest BCUT2D eigenvalue weighted by Gasteiger charge is -2.03. The molecule has 0 unspecified atom stereocenters. The number of carboxylic acid groups (broad SMARTS) is 1. The van der Waals surface area contributed by atoms with Crippen LogP contribution in [0.3, 0.4) is 0 Å². The van der Waals surface area contributed by atoms with Crippen molar-refractivity contribution < 1.29 is 14.7 Å². The lowest BCUT2D eigenvalue weighted by molar-refractivity contribution is 0.0690. The van der Waals surface area contributed by atoms with E-state index in [0.717, 1.165) is 0 Å². The topological polar surface area (TPSA) is 105 Å². The summed E-state index contributed by atoms with van der Waals surface area (Å²) in [5, 5.41) is 11.2. The van der Waals surface area contributed by atoms with Gasteiger partial charge in [0, 0.05) is 24.2 Å². The fourth-order valence-electron chi connectivity index (χ4n) is 1.23. The third-order valence-corrected chi connectivity index (χ3v) is 2.03. The van der Waals surface area contributed by atoms with Gasteiger partial charge < -0.3 is 5.11 Å². The molecule has 7 nitrogen and oxygen atoms in total. The number of aromatic carboxylic acids is 1. The molecule has 0 fully saturated rings. The highest BCUT2D eigenvalue weighted by molar-refractivity contribution is 6.04. The zero-order valence-corrected chi connectivity index (χ0v) is 9.07. The standard InChI is InChI=1S/C11H8N4O3/c16-9(15-11-13-3-1-4-14-11)7-2-5-12-8(6-7)10(17)18/h1-6H,(H,17,18)(H,13,14,15,16). The van der Waals surface area contributed by atoms with E-state index >= 15 is 0 Å². The number of nitrogens with one attached hydrogen (secondary N) is 1. The van der Waals surface area contributed by atoms with Gasteiger partial charge in [-0.2, -0.15) is 0 Å². The number of hydrogen-bond acceptors (Lipinski definition) is 5. The van der Waals surface area contributed by atoms with Crippen LogP contribution in [0.1, 0.15) is 20.8 Å². The molecule has 2 aromatic heterocycles. The monoisotopic (exact) mass is 244 g/mol. The average molecular weight is 244 g/mol. The molecule has 0 aliphatic rings. The number of pyridine rings is 1. The summed E-state index contributed by atoms with van der Waals surface area (Å²) < 4.78 is 0. The van der Waals surface area contributed by atoms with Crippen LogP contribution in [0, 0.1) is 0 Å². The Morgan fingerprint density at radius 1 is 1.11 bits per heavy atom. The Morgan fingerprint density at radius 3 is 2.50 bits per heavy atom. The van der Waals surface area contributed by atoms with Crippen LogP contribution in [0.25, 0.3) is 0 Å². The second-order valence-electron chi connectivity index (χ2n) is 3.26. The molecule has 2 N–H and O–H groups in total. The van der Waals surface area contributed by atoms with Gasteiger partial charge in [0.1, 0.15) is 5.69 Å². The molecule has 0 saturated heterocycles. The van der Waals surface area contributed by atoms with Crippen LogP contribution < -0.4 is 5.32 Å². The van der Waals surface area contributed by atoms with Crippen molar-refractivity contribution in [3.8, 4) is 0 Å². The van der Waals surface area contributed by atoms with Crippen molar-refractivity contribution in [1.82, 2.24) is 15.0 Å². The Bertz CT molecular complexity index is 586. The molecule has 7 heteroatoms. The van der Waals surface area contributed by atoms with Crippen molar-refractivity contribution in [3.63, 3.8) is 0 Å². The second-order valence-corrected chi connectivity index (χ2v) is 3.26.